The number of hydrogen-bond donors (Lipinski definition) is 1. The minimum atomic E-state index is -1.29. The molecule has 0 unspecified atom stereocenters. The summed E-state index contributed by atoms with van der Waals surface area (Å²) in [6.07, 6.45) is 1.82. The van der Waals surface area contributed by atoms with Crippen molar-refractivity contribution in [2.75, 3.05) is 6.54 Å². The van der Waals surface area contributed by atoms with Gasteiger partial charge >= 0.3 is 0 Å². The van der Waals surface area contributed by atoms with Gasteiger partial charge in [-0.2, -0.15) is 0 Å². The lowest BCUT2D eigenvalue weighted by Gasteiger charge is -2.00. The molecule has 0 atom stereocenters. The summed E-state index contributed by atoms with van der Waals surface area (Å²) >= 11 is 0. The third kappa shape index (κ3) is 1.97. The van der Waals surface area contributed by atoms with Crippen LogP contribution in [0.15, 0.2) is 0 Å². The summed E-state index contributed by atoms with van der Waals surface area (Å²) in [5.74, 6) is 0. The van der Waals surface area contributed by atoms with Gasteiger partial charge in [0.15, 0.2) is 0 Å². The molecule has 0 bridgehead atoms. The summed E-state index contributed by atoms with van der Waals surface area (Å²) < 4.78 is 0. The SMILES string of the molecule is NCCC[Si]1C(=O)CCC1=O. The van der Waals surface area contributed by atoms with Gasteiger partial charge in [0.25, 0.3) is 0 Å². The van der Waals surface area contributed by atoms with Crippen LogP contribution in [0.3, 0.4) is 0 Å². The number of carbonyl (C=O) groups excluding carboxylic acids is 2. The quantitative estimate of drug-likeness (QED) is 0.599. The highest BCUT2D eigenvalue weighted by Gasteiger charge is 2.34. The minimum absolute atomic E-state index is 0.216. The van der Waals surface area contributed by atoms with E-state index in [9.17, 15) is 9.59 Å². The number of nitrogens with two attached hydrogens (primary N) is 1. The largest absolute Gasteiger partial charge is 0.330 e. The van der Waals surface area contributed by atoms with Crippen molar-refractivity contribution in [3.63, 3.8) is 0 Å². The van der Waals surface area contributed by atoms with Gasteiger partial charge in [-0.25, -0.2) is 0 Å². The maximum absolute atomic E-state index is 11.1. The summed E-state index contributed by atoms with van der Waals surface area (Å²) in [6, 6.07) is 0.763. The Morgan fingerprint density at radius 3 is 2.27 bits per heavy atom. The molecule has 0 amide bonds. The standard InChI is InChI=1S/C7H12NO2Si/c8-4-1-5-11-6(9)2-3-7(11)10/h1-5,8H2. The first-order valence-corrected chi connectivity index (χ1v) is 5.58. The predicted octanol–water partition coefficient (Wildman–Crippen LogP) is -0.160. The normalized spacial score (nSPS) is 19.7. The zero-order valence-electron chi connectivity index (χ0n) is 6.43. The van der Waals surface area contributed by atoms with E-state index < -0.39 is 8.80 Å². The Kier molecular flexibility index (Phi) is 2.96. The molecule has 11 heavy (non-hydrogen) atoms. The highest BCUT2D eigenvalue weighted by molar-refractivity contribution is 7.12. The minimum Gasteiger partial charge on any atom is -0.330 e. The van der Waals surface area contributed by atoms with Crippen LogP contribution in [0.4, 0.5) is 0 Å². The van der Waals surface area contributed by atoms with Gasteiger partial charge in [0, 0.05) is 12.8 Å². The maximum Gasteiger partial charge on any atom is 0.217 e. The van der Waals surface area contributed by atoms with E-state index in [0.717, 1.165) is 12.5 Å². The fourth-order valence-electron chi connectivity index (χ4n) is 1.24. The molecule has 1 fully saturated rings. The van der Waals surface area contributed by atoms with Crippen molar-refractivity contribution < 1.29 is 9.59 Å². The molecule has 1 aliphatic rings. The lowest BCUT2D eigenvalue weighted by Crippen LogP contribution is -2.27. The van der Waals surface area contributed by atoms with Crippen molar-refractivity contribution in [3.05, 3.63) is 0 Å². The Morgan fingerprint density at radius 2 is 1.82 bits per heavy atom. The molecule has 2 N–H and O–H groups in total. The third-order valence-electron chi connectivity index (χ3n) is 1.88. The molecular formula is C7H12NO2Si. The first kappa shape index (κ1) is 8.61. The molecule has 61 valence electrons. The smallest absolute Gasteiger partial charge is 0.217 e. The van der Waals surface area contributed by atoms with Crippen molar-refractivity contribution >= 4 is 19.6 Å². The van der Waals surface area contributed by atoms with Gasteiger partial charge < -0.3 is 15.3 Å². The first-order valence-electron chi connectivity index (χ1n) is 3.88. The second kappa shape index (κ2) is 3.78. The second-order valence-electron chi connectivity index (χ2n) is 2.72. The van der Waals surface area contributed by atoms with Crippen LogP contribution in [0.1, 0.15) is 19.3 Å². The van der Waals surface area contributed by atoms with Crippen LogP contribution in [-0.4, -0.2) is 26.2 Å². The van der Waals surface area contributed by atoms with Crippen LogP contribution in [0.5, 0.6) is 0 Å². The molecule has 0 aromatic carbocycles. The summed E-state index contributed by atoms with van der Waals surface area (Å²) in [5.41, 5.74) is 5.29. The molecule has 0 aromatic heterocycles. The predicted molar refractivity (Wildman–Crippen MR) is 43.5 cm³/mol. The van der Waals surface area contributed by atoms with E-state index in [1.54, 1.807) is 0 Å². The van der Waals surface area contributed by atoms with E-state index in [1.165, 1.54) is 0 Å². The Balaban J connectivity index is 2.41. The molecule has 0 aromatic rings. The number of carbonyl (C=O) groups is 2. The van der Waals surface area contributed by atoms with E-state index in [-0.39, 0.29) is 10.8 Å². The average molecular weight is 170 g/mol. The van der Waals surface area contributed by atoms with E-state index in [1.807, 2.05) is 0 Å². The van der Waals surface area contributed by atoms with Crippen molar-refractivity contribution in [1.82, 2.24) is 0 Å². The Labute approximate surface area is 67.6 Å². The van der Waals surface area contributed by atoms with Crippen LogP contribution < -0.4 is 5.73 Å². The van der Waals surface area contributed by atoms with Gasteiger partial charge in [0.2, 0.25) is 8.80 Å². The fraction of sp³-hybridized carbons (Fsp3) is 0.714. The van der Waals surface area contributed by atoms with Crippen LogP contribution in [0.25, 0.3) is 0 Å². The zero-order valence-corrected chi connectivity index (χ0v) is 7.43. The maximum atomic E-state index is 11.1. The molecule has 0 saturated carbocycles. The molecule has 0 spiro atoms. The van der Waals surface area contributed by atoms with Crippen molar-refractivity contribution in [1.29, 1.82) is 0 Å². The van der Waals surface area contributed by atoms with Crippen molar-refractivity contribution in [3.8, 4) is 0 Å². The van der Waals surface area contributed by atoms with Gasteiger partial charge in [-0.05, 0) is 19.0 Å². The monoisotopic (exact) mass is 170 g/mol. The Bertz CT molecular complexity index is 165. The summed E-state index contributed by atoms with van der Waals surface area (Å²) in [6.45, 7) is 0.592. The van der Waals surface area contributed by atoms with Crippen LogP contribution >= 0.6 is 0 Å². The molecule has 3 nitrogen and oxygen atoms in total. The van der Waals surface area contributed by atoms with Crippen molar-refractivity contribution in [2.45, 2.75) is 25.3 Å². The van der Waals surface area contributed by atoms with Gasteiger partial charge in [-0.15, -0.1) is 0 Å². The molecule has 0 aliphatic carbocycles. The molecule has 1 rings (SSSR count). The highest BCUT2D eigenvalue weighted by Crippen LogP contribution is 2.13. The third-order valence-corrected chi connectivity index (χ3v) is 4.58. The summed E-state index contributed by atoms with van der Waals surface area (Å²) in [4.78, 5) is 22.1. The molecule has 1 radical (unpaired) electrons. The van der Waals surface area contributed by atoms with Crippen LogP contribution in [0, 0.1) is 0 Å². The van der Waals surface area contributed by atoms with Gasteiger partial charge in [0.05, 0.1) is 0 Å². The lowest BCUT2D eigenvalue weighted by atomic mass is 10.4. The van der Waals surface area contributed by atoms with E-state index >= 15 is 0 Å². The summed E-state index contributed by atoms with van der Waals surface area (Å²) in [7, 11) is -1.29. The average Bonchev–Trinajstić information content (AvgIpc) is 2.29. The topological polar surface area (TPSA) is 60.2 Å². The van der Waals surface area contributed by atoms with Crippen LogP contribution in [0.2, 0.25) is 6.04 Å². The van der Waals surface area contributed by atoms with E-state index in [2.05, 4.69) is 0 Å². The van der Waals surface area contributed by atoms with E-state index in [4.69, 9.17) is 5.73 Å². The van der Waals surface area contributed by atoms with Crippen LogP contribution in [-0.2, 0) is 9.59 Å². The fourth-order valence-corrected chi connectivity index (χ4v) is 3.52. The van der Waals surface area contributed by atoms with Gasteiger partial charge in [-0.3, -0.25) is 0 Å². The van der Waals surface area contributed by atoms with Gasteiger partial charge in [0.1, 0.15) is 10.8 Å². The molecule has 1 aliphatic heterocycles. The lowest BCUT2D eigenvalue weighted by molar-refractivity contribution is -0.112. The number of hydrogen-bond acceptors (Lipinski definition) is 3. The van der Waals surface area contributed by atoms with E-state index in [0.29, 0.717) is 19.4 Å². The van der Waals surface area contributed by atoms with Gasteiger partial charge in [-0.1, -0.05) is 0 Å². The highest BCUT2D eigenvalue weighted by atomic mass is 28.3. The van der Waals surface area contributed by atoms with Crippen molar-refractivity contribution in [2.24, 2.45) is 5.73 Å². The first-order chi connectivity index (χ1) is 5.25. The zero-order chi connectivity index (χ0) is 8.27. The number of rotatable bonds is 3. The Morgan fingerprint density at radius 1 is 1.27 bits per heavy atom. The summed E-state index contributed by atoms with van der Waals surface area (Å²) in [5, 5.41) is 0.432. The molecule has 1 saturated heterocycles. The Hall–Kier alpha value is -0.483. The molecular weight excluding hydrogens is 158 g/mol. The molecule has 1 heterocycles. The molecule has 4 heteroatoms. The second-order valence-corrected chi connectivity index (χ2v) is 5.29.